The van der Waals surface area contributed by atoms with Crippen LogP contribution < -0.4 is 0 Å². The molecule has 5 unspecified atom stereocenters. The van der Waals surface area contributed by atoms with Gasteiger partial charge in [-0.1, -0.05) is 36.2 Å². The monoisotopic (exact) mass is 528 g/mol. The second-order valence-corrected chi connectivity index (χ2v) is 12.7. The molecule has 2 N–H and O–H groups in total. The number of hydrogen-bond donors (Lipinski definition) is 2. The predicted molar refractivity (Wildman–Crippen MR) is 128 cm³/mol. The summed E-state index contributed by atoms with van der Waals surface area (Å²) in [5.74, 6) is 0.504. The molecule has 4 fully saturated rings. The van der Waals surface area contributed by atoms with Crippen molar-refractivity contribution in [1.82, 2.24) is 0 Å². The van der Waals surface area contributed by atoms with Gasteiger partial charge in [-0.15, -0.1) is 0 Å². The molecule has 0 aromatic heterocycles. The summed E-state index contributed by atoms with van der Waals surface area (Å²) < 4.78 is 11.6. The number of alkyl halides is 1. The molecule has 0 aromatic rings. The van der Waals surface area contributed by atoms with E-state index in [9.17, 15) is 19.8 Å². The fraction of sp³-hybridized carbons (Fsp3) is 0.923. The van der Waals surface area contributed by atoms with Gasteiger partial charge in [-0.05, 0) is 80.5 Å². The Morgan fingerprint density at radius 3 is 2.52 bits per heavy atom. The molecule has 188 valence electrons. The Labute approximate surface area is 206 Å². The lowest BCUT2D eigenvalue weighted by Crippen LogP contribution is -2.60. The van der Waals surface area contributed by atoms with E-state index < -0.39 is 11.5 Å². The van der Waals surface area contributed by atoms with Crippen molar-refractivity contribution < 1.29 is 29.3 Å². The van der Waals surface area contributed by atoms with Crippen LogP contribution in [0.5, 0.6) is 0 Å². The van der Waals surface area contributed by atoms with Gasteiger partial charge < -0.3 is 19.7 Å². The van der Waals surface area contributed by atoms with Crippen LogP contribution in [0, 0.1) is 34.5 Å². The van der Waals surface area contributed by atoms with Crippen LogP contribution in [-0.2, 0) is 19.1 Å². The number of esters is 2. The van der Waals surface area contributed by atoms with Gasteiger partial charge >= 0.3 is 11.9 Å². The zero-order valence-electron chi connectivity index (χ0n) is 20.3. The largest absolute Gasteiger partial charge is 0.462 e. The molecule has 0 aromatic carbocycles. The smallest absolute Gasteiger partial charge is 0.306 e. The third-order valence-electron chi connectivity index (χ3n) is 9.88. The van der Waals surface area contributed by atoms with Gasteiger partial charge in [-0.25, -0.2) is 0 Å². The molecule has 0 spiro atoms. The summed E-state index contributed by atoms with van der Waals surface area (Å²) in [6.45, 7) is 5.86. The second kappa shape index (κ2) is 9.77. The zero-order valence-corrected chi connectivity index (χ0v) is 21.9. The number of rotatable bonds is 6. The molecule has 33 heavy (non-hydrogen) atoms. The first kappa shape index (κ1) is 25.4. The quantitative estimate of drug-likeness (QED) is 0.392. The van der Waals surface area contributed by atoms with E-state index in [2.05, 4.69) is 29.8 Å². The average Bonchev–Trinajstić information content (AvgIpc) is 3.04. The van der Waals surface area contributed by atoms with Crippen molar-refractivity contribution in [3.63, 3.8) is 0 Å². The molecule has 4 rings (SSSR count). The molecular weight excluding hydrogens is 488 g/mol. The maximum Gasteiger partial charge on any atom is 0.306 e. The topological polar surface area (TPSA) is 93.1 Å². The molecule has 4 aliphatic rings. The Balaban J connectivity index is 1.52. The standard InChI is InChI=1S/C26H41BrO6/c1-4-5-6-22(31)33-17-7-9-25(3)16(11-17)12-21(30)23-18(25)8-10-26(14-28)19(23)13-20(27)24(26)32-15(2)29/h16-21,23-24,28,30H,4-14H2,1-3H3/t16?,17-,18?,19?,20+,21?,23?,24-,25-,26+/m0/s1. The van der Waals surface area contributed by atoms with Crippen molar-refractivity contribution in [3.05, 3.63) is 0 Å². The molecule has 0 saturated heterocycles. The summed E-state index contributed by atoms with van der Waals surface area (Å²) in [6.07, 6.45) is 7.46. The molecule has 0 radical (unpaired) electrons. The minimum atomic E-state index is -0.489. The van der Waals surface area contributed by atoms with Crippen LogP contribution in [0.2, 0.25) is 0 Å². The van der Waals surface area contributed by atoms with Gasteiger partial charge in [0.25, 0.3) is 0 Å². The van der Waals surface area contributed by atoms with E-state index >= 15 is 0 Å². The molecule has 0 heterocycles. The zero-order chi connectivity index (χ0) is 24.0. The van der Waals surface area contributed by atoms with Crippen molar-refractivity contribution >= 4 is 27.9 Å². The summed E-state index contributed by atoms with van der Waals surface area (Å²) >= 11 is 3.75. The van der Waals surface area contributed by atoms with Crippen molar-refractivity contribution in [2.45, 2.75) is 108 Å². The van der Waals surface area contributed by atoms with Crippen molar-refractivity contribution in [3.8, 4) is 0 Å². The Morgan fingerprint density at radius 2 is 1.85 bits per heavy atom. The number of aliphatic hydroxyl groups is 2. The number of hydrogen-bond acceptors (Lipinski definition) is 6. The maximum absolute atomic E-state index is 12.2. The lowest BCUT2D eigenvalue weighted by atomic mass is 9.44. The van der Waals surface area contributed by atoms with Gasteiger partial charge in [0.2, 0.25) is 0 Å². The summed E-state index contributed by atoms with van der Waals surface area (Å²) in [7, 11) is 0. The van der Waals surface area contributed by atoms with E-state index in [-0.39, 0.29) is 52.8 Å². The first-order valence-corrected chi connectivity index (χ1v) is 13.9. The van der Waals surface area contributed by atoms with E-state index in [0.29, 0.717) is 24.7 Å². The normalized spacial score (nSPS) is 46.6. The number of carbonyl (C=O) groups is 2. The number of carbonyl (C=O) groups excluding carboxylic acids is 2. The Bertz CT molecular complexity index is 744. The third-order valence-corrected chi connectivity index (χ3v) is 10.7. The van der Waals surface area contributed by atoms with E-state index in [0.717, 1.165) is 51.4 Å². The lowest BCUT2D eigenvalue weighted by molar-refractivity contribution is -0.197. The first-order valence-electron chi connectivity index (χ1n) is 13.0. The average molecular weight is 530 g/mol. The molecule has 4 aliphatic carbocycles. The van der Waals surface area contributed by atoms with Crippen LogP contribution in [0.15, 0.2) is 0 Å². The number of halogens is 1. The molecule has 7 heteroatoms. The molecule has 4 saturated carbocycles. The molecule has 10 atom stereocenters. The van der Waals surface area contributed by atoms with Gasteiger partial charge in [-0.3, -0.25) is 9.59 Å². The Hall–Kier alpha value is -0.660. The minimum Gasteiger partial charge on any atom is -0.462 e. The third kappa shape index (κ3) is 4.40. The highest BCUT2D eigenvalue weighted by molar-refractivity contribution is 9.09. The highest BCUT2D eigenvalue weighted by atomic mass is 79.9. The Kier molecular flexibility index (Phi) is 7.53. The number of fused-ring (bicyclic) bond motifs is 5. The van der Waals surface area contributed by atoms with Gasteiger partial charge in [0, 0.05) is 18.8 Å². The van der Waals surface area contributed by atoms with Crippen molar-refractivity contribution in [2.24, 2.45) is 34.5 Å². The fourth-order valence-corrected chi connectivity index (χ4v) is 9.29. The summed E-state index contributed by atoms with van der Waals surface area (Å²) in [5.41, 5.74) is -0.393. The summed E-state index contributed by atoms with van der Waals surface area (Å²) in [5, 5.41) is 22.0. The maximum atomic E-state index is 12.2. The van der Waals surface area contributed by atoms with Gasteiger partial charge in [-0.2, -0.15) is 0 Å². The highest BCUT2D eigenvalue weighted by Crippen LogP contribution is 2.67. The van der Waals surface area contributed by atoms with E-state index in [4.69, 9.17) is 9.47 Å². The predicted octanol–water partition coefficient (Wildman–Crippen LogP) is 4.38. The molecule has 0 amide bonds. The summed E-state index contributed by atoms with van der Waals surface area (Å²) in [6, 6.07) is 0. The number of aliphatic hydroxyl groups excluding tert-OH is 2. The summed E-state index contributed by atoms with van der Waals surface area (Å²) in [4.78, 5) is 24.0. The molecule has 0 bridgehead atoms. The van der Waals surface area contributed by atoms with E-state index in [1.54, 1.807) is 0 Å². The van der Waals surface area contributed by atoms with E-state index in [1.807, 2.05) is 0 Å². The van der Waals surface area contributed by atoms with Gasteiger partial charge in [0.1, 0.15) is 12.2 Å². The minimum absolute atomic E-state index is 0.00620. The van der Waals surface area contributed by atoms with Crippen molar-refractivity contribution in [2.75, 3.05) is 6.61 Å². The lowest BCUT2D eigenvalue weighted by Gasteiger charge is -2.62. The van der Waals surface area contributed by atoms with Crippen LogP contribution in [0.3, 0.4) is 0 Å². The second-order valence-electron chi connectivity index (χ2n) is 11.5. The fourth-order valence-electron chi connectivity index (χ4n) is 8.25. The first-order chi connectivity index (χ1) is 15.7. The number of ether oxygens (including phenoxy) is 2. The van der Waals surface area contributed by atoms with Crippen LogP contribution in [0.25, 0.3) is 0 Å². The van der Waals surface area contributed by atoms with Crippen LogP contribution in [-0.4, -0.2) is 51.9 Å². The van der Waals surface area contributed by atoms with Crippen molar-refractivity contribution in [1.29, 1.82) is 0 Å². The van der Waals surface area contributed by atoms with Crippen LogP contribution in [0.4, 0.5) is 0 Å². The van der Waals surface area contributed by atoms with Gasteiger partial charge in [0.15, 0.2) is 0 Å². The number of unbranched alkanes of at least 4 members (excludes halogenated alkanes) is 1. The van der Waals surface area contributed by atoms with E-state index in [1.165, 1.54) is 6.92 Å². The highest BCUT2D eigenvalue weighted by Gasteiger charge is 2.66. The van der Waals surface area contributed by atoms with Gasteiger partial charge in [0.05, 0.1) is 17.5 Å². The van der Waals surface area contributed by atoms with Crippen LogP contribution in [0.1, 0.15) is 85.0 Å². The molecule has 6 nitrogen and oxygen atoms in total. The molecule has 0 aliphatic heterocycles. The SMILES string of the molecule is CCCCC(=O)O[C@H]1CC[C@@]2(C)C(CC(O)C3C2CC[C@@]2(CO)C3C[C@@H](Br)[C@@H]2OC(C)=O)C1. The van der Waals surface area contributed by atoms with Crippen LogP contribution >= 0.6 is 15.9 Å². The Morgan fingerprint density at radius 1 is 1.09 bits per heavy atom. The molecular formula is C26H41BrO6.